The van der Waals surface area contributed by atoms with Crippen LogP contribution in [0.1, 0.15) is 23.6 Å². The van der Waals surface area contributed by atoms with Crippen LogP contribution in [0.3, 0.4) is 0 Å². The van der Waals surface area contributed by atoms with Crippen molar-refractivity contribution in [2.75, 3.05) is 18.5 Å². The van der Waals surface area contributed by atoms with Crippen LogP contribution in [0.4, 0.5) is 14.9 Å². The molecular formula is C28H25ClFN3O5. The molecule has 3 aromatic rings. The summed E-state index contributed by atoms with van der Waals surface area (Å²) >= 11 is 6.51. The van der Waals surface area contributed by atoms with Gasteiger partial charge in [0.1, 0.15) is 24.7 Å². The van der Waals surface area contributed by atoms with E-state index >= 15 is 0 Å². The third kappa shape index (κ3) is 6.30. The number of carbonyl (C=O) groups is 3. The number of halogens is 2. The van der Waals surface area contributed by atoms with Crippen molar-refractivity contribution in [3.8, 4) is 11.5 Å². The molecule has 0 aliphatic carbocycles. The lowest BCUT2D eigenvalue weighted by atomic mass is 10.1. The van der Waals surface area contributed by atoms with Crippen LogP contribution in [0, 0.1) is 12.7 Å². The molecule has 196 valence electrons. The molecule has 38 heavy (non-hydrogen) atoms. The standard InChI is InChI=1S/C28H25ClFN3O5/c1-3-37-24-14-19(12-20(29)26(24)38-16-18-8-6-7-17(2)11-18)13-23-27(35)33(28(36)32-23)15-25(34)31-22-10-5-4-9-21(22)30/h4-14H,3,15-16H2,1-2H3,(H,31,34)(H,32,36)/b23-13+. The van der Waals surface area contributed by atoms with Crippen LogP contribution in [0.25, 0.3) is 6.08 Å². The summed E-state index contributed by atoms with van der Waals surface area (Å²) in [5.41, 5.74) is 2.44. The molecule has 4 rings (SSSR count). The highest BCUT2D eigenvalue weighted by atomic mass is 35.5. The first-order valence-electron chi connectivity index (χ1n) is 11.8. The zero-order valence-corrected chi connectivity index (χ0v) is 21.5. The van der Waals surface area contributed by atoms with E-state index in [-0.39, 0.29) is 23.0 Å². The van der Waals surface area contributed by atoms with Gasteiger partial charge in [0.2, 0.25) is 5.91 Å². The third-order valence-electron chi connectivity index (χ3n) is 5.52. The molecule has 4 amide bonds. The molecule has 0 spiro atoms. The first-order valence-corrected chi connectivity index (χ1v) is 12.2. The predicted molar refractivity (Wildman–Crippen MR) is 141 cm³/mol. The van der Waals surface area contributed by atoms with Crippen LogP contribution in [0.2, 0.25) is 5.02 Å². The number of amides is 4. The van der Waals surface area contributed by atoms with Crippen LogP contribution in [-0.4, -0.2) is 35.9 Å². The Morgan fingerprint density at radius 1 is 1.11 bits per heavy atom. The minimum atomic E-state index is -0.779. The second-order valence-corrected chi connectivity index (χ2v) is 8.86. The monoisotopic (exact) mass is 537 g/mol. The Kier molecular flexibility index (Phi) is 8.28. The minimum absolute atomic E-state index is 0.0527. The van der Waals surface area contributed by atoms with Gasteiger partial charge in [-0.25, -0.2) is 14.1 Å². The van der Waals surface area contributed by atoms with Crippen molar-refractivity contribution in [3.63, 3.8) is 0 Å². The van der Waals surface area contributed by atoms with Gasteiger partial charge in [-0.3, -0.25) is 9.59 Å². The Morgan fingerprint density at radius 3 is 2.63 bits per heavy atom. The van der Waals surface area contributed by atoms with Crippen molar-refractivity contribution >= 4 is 41.2 Å². The smallest absolute Gasteiger partial charge is 0.329 e. The summed E-state index contributed by atoms with van der Waals surface area (Å²) in [5.74, 6) is -1.35. The molecular weight excluding hydrogens is 513 g/mol. The van der Waals surface area contributed by atoms with Gasteiger partial charge in [0.25, 0.3) is 5.91 Å². The molecule has 0 aromatic heterocycles. The second kappa shape index (κ2) is 11.8. The summed E-state index contributed by atoms with van der Waals surface area (Å²) in [4.78, 5) is 38.3. The van der Waals surface area contributed by atoms with Gasteiger partial charge >= 0.3 is 6.03 Å². The van der Waals surface area contributed by atoms with E-state index in [1.165, 1.54) is 24.3 Å². The Hall–Kier alpha value is -4.37. The van der Waals surface area contributed by atoms with Crippen LogP contribution in [0.15, 0.2) is 66.4 Å². The molecule has 0 radical (unpaired) electrons. The van der Waals surface area contributed by atoms with Gasteiger partial charge in [0.15, 0.2) is 11.5 Å². The largest absolute Gasteiger partial charge is 0.490 e. The number of ether oxygens (including phenoxy) is 2. The molecule has 8 nitrogen and oxygen atoms in total. The zero-order chi connectivity index (χ0) is 27.2. The lowest BCUT2D eigenvalue weighted by Gasteiger charge is -2.15. The highest BCUT2D eigenvalue weighted by Crippen LogP contribution is 2.38. The van der Waals surface area contributed by atoms with Crippen molar-refractivity contribution < 1.29 is 28.2 Å². The Bertz CT molecular complexity index is 1430. The number of nitrogens with zero attached hydrogens (tertiary/aromatic N) is 1. The molecule has 1 aliphatic heterocycles. The fraction of sp³-hybridized carbons (Fsp3) is 0.179. The molecule has 0 bridgehead atoms. The van der Waals surface area contributed by atoms with E-state index in [9.17, 15) is 18.8 Å². The maximum absolute atomic E-state index is 13.8. The summed E-state index contributed by atoms with van der Waals surface area (Å²) < 4.78 is 25.5. The SMILES string of the molecule is CCOc1cc(/C=C2/NC(=O)N(CC(=O)Nc3ccccc3F)C2=O)cc(Cl)c1OCc1cccc(C)c1. The summed E-state index contributed by atoms with van der Waals surface area (Å²) in [5, 5.41) is 5.06. The van der Waals surface area contributed by atoms with Gasteiger partial charge in [-0.2, -0.15) is 0 Å². The Labute approximate surface area is 224 Å². The Balaban J connectivity index is 1.50. The summed E-state index contributed by atoms with van der Waals surface area (Å²) in [7, 11) is 0. The summed E-state index contributed by atoms with van der Waals surface area (Å²) in [6.07, 6.45) is 1.42. The second-order valence-electron chi connectivity index (χ2n) is 8.45. The maximum atomic E-state index is 13.8. The van der Waals surface area contributed by atoms with Crippen molar-refractivity contribution in [1.29, 1.82) is 0 Å². The maximum Gasteiger partial charge on any atom is 0.329 e. The average Bonchev–Trinajstić information content (AvgIpc) is 3.12. The van der Waals surface area contributed by atoms with E-state index in [4.69, 9.17) is 21.1 Å². The average molecular weight is 538 g/mol. The number of anilines is 1. The first-order chi connectivity index (χ1) is 18.2. The van der Waals surface area contributed by atoms with Gasteiger partial charge in [-0.1, -0.05) is 53.6 Å². The topological polar surface area (TPSA) is 97.0 Å². The quantitative estimate of drug-likeness (QED) is 0.285. The minimum Gasteiger partial charge on any atom is -0.490 e. The molecule has 0 saturated carbocycles. The number of aryl methyl sites for hydroxylation is 1. The molecule has 1 fully saturated rings. The number of urea groups is 1. The summed E-state index contributed by atoms with van der Waals surface area (Å²) in [6, 6.07) is 15.9. The number of carbonyl (C=O) groups excluding carboxylic acids is 3. The van der Waals surface area contributed by atoms with Gasteiger partial charge in [0, 0.05) is 0 Å². The van der Waals surface area contributed by atoms with E-state index in [1.807, 2.05) is 38.1 Å². The first kappa shape index (κ1) is 26.7. The van der Waals surface area contributed by atoms with E-state index in [0.29, 0.717) is 23.7 Å². The number of imide groups is 1. The molecule has 0 atom stereocenters. The molecule has 10 heteroatoms. The number of hydrogen-bond acceptors (Lipinski definition) is 5. The van der Waals surface area contributed by atoms with Crippen LogP contribution >= 0.6 is 11.6 Å². The van der Waals surface area contributed by atoms with Gasteiger partial charge < -0.3 is 20.1 Å². The van der Waals surface area contributed by atoms with Crippen LogP contribution < -0.4 is 20.1 Å². The van der Waals surface area contributed by atoms with Crippen molar-refractivity contribution in [2.45, 2.75) is 20.5 Å². The highest BCUT2D eigenvalue weighted by Gasteiger charge is 2.35. The number of benzene rings is 3. The van der Waals surface area contributed by atoms with Gasteiger partial charge in [-0.05, 0) is 55.3 Å². The molecule has 1 aliphatic rings. The van der Waals surface area contributed by atoms with Crippen molar-refractivity contribution in [2.24, 2.45) is 0 Å². The van der Waals surface area contributed by atoms with E-state index in [2.05, 4.69) is 10.6 Å². The van der Waals surface area contributed by atoms with E-state index in [1.54, 1.807) is 18.2 Å². The van der Waals surface area contributed by atoms with Crippen LogP contribution in [0.5, 0.6) is 11.5 Å². The molecule has 3 aromatic carbocycles. The van der Waals surface area contributed by atoms with Crippen molar-refractivity contribution in [1.82, 2.24) is 10.2 Å². The highest BCUT2D eigenvalue weighted by molar-refractivity contribution is 6.32. The van der Waals surface area contributed by atoms with E-state index < -0.39 is 30.2 Å². The molecule has 0 unspecified atom stereocenters. The zero-order valence-electron chi connectivity index (χ0n) is 20.7. The van der Waals surface area contributed by atoms with Gasteiger partial charge in [-0.15, -0.1) is 0 Å². The number of rotatable bonds is 9. The summed E-state index contributed by atoms with van der Waals surface area (Å²) in [6.45, 7) is 3.84. The fourth-order valence-corrected chi connectivity index (χ4v) is 4.08. The normalized spacial score (nSPS) is 14.0. The molecule has 1 heterocycles. The third-order valence-corrected chi connectivity index (χ3v) is 5.80. The van der Waals surface area contributed by atoms with E-state index in [0.717, 1.165) is 16.0 Å². The number of nitrogens with one attached hydrogen (secondary N) is 2. The molecule has 2 N–H and O–H groups in total. The lowest BCUT2D eigenvalue weighted by Crippen LogP contribution is -2.38. The van der Waals surface area contributed by atoms with Crippen LogP contribution in [-0.2, 0) is 16.2 Å². The lowest BCUT2D eigenvalue weighted by molar-refractivity contribution is -0.127. The fourth-order valence-electron chi connectivity index (χ4n) is 3.81. The number of hydrogen-bond donors (Lipinski definition) is 2. The van der Waals surface area contributed by atoms with Crippen molar-refractivity contribution in [3.05, 3.63) is 93.9 Å². The number of para-hydroxylation sites is 1. The Morgan fingerprint density at radius 2 is 1.89 bits per heavy atom. The predicted octanol–water partition coefficient (Wildman–Crippen LogP) is 5.30. The molecule has 1 saturated heterocycles. The van der Waals surface area contributed by atoms with Gasteiger partial charge in [0.05, 0.1) is 17.3 Å².